The molecule has 0 saturated carbocycles. The van der Waals surface area contributed by atoms with E-state index in [2.05, 4.69) is 53.4 Å². The lowest BCUT2D eigenvalue weighted by Gasteiger charge is -2.25. The highest BCUT2D eigenvalue weighted by Crippen LogP contribution is 2.17. The average molecular weight is 548 g/mol. The van der Waals surface area contributed by atoms with E-state index in [1.807, 2.05) is 18.2 Å². The summed E-state index contributed by atoms with van der Waals surface area (Å²) in [6, 6.07) is 14.7. The molecule has 1 aliphatic rings. The smallest absolute Gasteiger partial charge is 0.191 e. The lowest BCUT2D eigenvalue weighted by atomic mass is 10.1. The van der Waals surface area contributed by atoms with Crippen LogP contribution in [-0.4, -0.2) is 39.9 Å². The zero-order valence-corrected chi connectivity index (χ0v) is 21.2. The highest BCUT2D eigenvalue weighted by Gasteiger charge is 2.23. The quantitative estimate of drug-likeness (QED) is 0.253. The second-order valence-electron chi connectivity index (χ2n) is 8.33. The van der Waals surface area contributed by atoms with Gasteiger partial charge < -0.3 is 15.1 Å². The van der Waals surface area contributed by atoms with Crippen molar-refractivity contribution in [3.05, 3.63) is 71.7 Å². The Kier molecular flexibility index (Phi) is 9.13. The van der Waals surface area contributed by atoms with E-state index < -0.39 is 0 Å². The van der Waals surface area contributed by atoms with E-state index >= 15 is 0 Å². The van der Waals surface area contributed by atoms with Gasteiger partial charge in [0.25, 0.3) is 0 Å². The number of fused-ring (bicyclic) bond motifs is 1. The number of furan rings is 1. The molecule has 0 radical (unpaired) electrons. The molecule has 172 valence electrons. The Morgan fingerprint density at radius 1 is 1.19 bits per heavy atom. The van der Waals surface area contributed by atoms with Crippen molar-refractivity contribution in [3.8, 4) is 0 Å². The van der Waals surface area contributed by atoms with Gasteiger partial charge in [0.05, 0.1) is 12.8 Å². The molecule has 8 heteroatoms. The lowest BCUT2D eigenvalue weighted by Crippen LogP contribution is -2.47. The molecule has 1 unspecified atom stereocenters. The standard InChI is InChI=1S/C24H32N6O.HI/c1-18(2)23-28-22-11-10-20(17-30(22)29-23)27-24(26-15-13-21-9-6-16-31-21)25-14-12-19-7-4-3-5-8-19;/h3-9,16,18,20H,10-15,17H2,1-2H3,(H2,25,26,27);1H. The first-order valence-corrected chi connectivity index (χ1v) is 11.2. The third kappa shape index (κ3) is 6.82. The minimum atomic E-state index is 0. The van der Waals surface area contributed by atoms with Crippen LogP contribution in [0.15, 0.2) is 58.1 Å². The molecule has 0 bridgehead atoms. The van der Waals surface area contributed by atoms with Gasteiger partial charge in [-0.2, -0.15) is 5.10 Å². The zero-order chi connectivity index (χ0) is 21.5. The Balaban J connectivity index is 0.00000289. The topological polar surface area (TPSA) is 80.3 Å². The van der Waals surface area contributed by atoms with Crippen molar-refractivity contribution in [2.24, 2.45) is 4.99 Å². The molecule has 1 atom stereocenters. The van der Waals surface area contributed by atoms with Crippen molar-refractivity contribution in [1.29, 1.82) is 0 Å². The molecular formula is C24H33IN6O. The zero-order valence-electron chi connectivity index (χ0n) is 18.8. The minimum Gasteiger partial charge on any atom is -0.469 e. The number of aromatic nitrogens is 3. The Bertz CT molecular complexity index is 968. The van der Waals surface area contributed by atoms with Gasteiger partial charge in [-0.15, -0.1) is 24.0 Å². The molecule has 4 rings (SSSR count). The SMILES string of the molecule is CC(C)c1nc2n(n1)CC(NC(=NCCc1ccco1)NCCc1ccccc1)CC2.I. The first-order chi connectivity index (χ1) is 15.2. The fraction of sp³-hybridized carbons (Fsp3) is 0.458. The highest BCUT2D eigenvalue weighted by molar-refractivity contribution is 14.0. The number of nitrogens with zero attached hydrogens (tertiary/aromatic N) is 4. The summed E-state index contributed by atoms with van der Waals surface area (Å²) in [5.41, 5.74) is 1.32. The lowest BCUT2D eigenvalue weighted by molar-refractivity contribution is 0.391. The van der Waals surface area contributed by atoms with Gasteiger partial charge in [0.2, 0.25) is 0 Å². The van der Waals surface area contributed by atoms with Gasteiger partial charge in [-0.05, 0) is 30.5 Å². The summed E-state index contributed by atoms with van der Waals surface area (Å²) in [5, 5.41) is 11.8. The molecule has 7 nitrogen and oxygen atoms in total. The molecular weight excluding hydrogens is 515 g/mol. The van der Waals surface area contributed by atoms with Gasteiger partial charge in [0, 0.05) is 37.9 Å². The van der Waals surface area contributed by atoms with Crippen LogP contribution < -0.4 is 10.6 Å². The Morgan fingerprint density at radius 3 is 2.78 bits per heavy atom. The third-order valence-electron chi connectivity index (χ3n) is 5.49. The molecule has 3 heterocycles. The number of aliphatic imine (C=N–C) groups is 1. The Morgan fingerprint density at radius 2 is 2.03 bits per heavy atom. The number of benzene rings is 1. The van der Waals surface area contributed by atoms with Gasteiger partial charge >= 0.3 is 0 Å². The van der Waals surface area contributed by atoms with Crippen LogP contribution in [0.2, 0.25) is 0 Å². The molecule has 2 aromatic heterocycles. The Hall–Kier alpha value is -2.36. The molecule has 0 fully saturated rings. The molecule has 1 aromatic carbocycles. The predicted molar refractivity (Wildman–Crippen MR) is 138 cm³/mol. The second-order valence-corrected chi connectivity index (χ2v) is 8.33. The fourth-order valence-corrected chi connectivity index (χ4v) is 3.74. The van der Waals surface area contributed by atoms with Crippen molar-refractivity contribution in [2.45, 2.75) is 58.0 Å². The number of hydrogen-bond acceptors (Lipinski definition) is 4. The number of rotatable bonds is 8. The van der Waals surface area contributed by atoms with Gasteiger partial charge in [-0.3, -0.25) is 4.99 Å². The van der Waals surface area contributed by atoms with Gasteiger partial charge in [0.1, 0.15) is 11.6 Å². The normalized spacial score (nSPS) is 15.8. The summed E-state index contributed by atoms with van der Waals surface area (Å²) in [6.45, 7) is 6.59. The van der Waals surface area contributed by atoms with Crippen molar-refractivity contribution in [3.63, 3.8) is 0 Å². The van der Waals surface area contributed by atoms with Crippen molar-refractivity contribution < 1.29 is 4.42 Å². The van der Waals surface area contributed by atoms with Crippen molar-refractivity contribution in [2.75, 3.05) is 13.1 Å². The van der Waals surface area contributed by atoms with E-state index in [-0.39, 0.29) is 30.0 Å². The first kappa shape index (κ1) is 24.3. The highest BCUT2D eigenvalue weighted by atomic mass is 127. The van der Waals surface area contributed by atoms with Crippen LogP contribution in [0.3, 0.4) is 0 Å². The van der Waals surface area contributed by atoms with E-state index in [9.17, 15) is 0 Å². The van der Waals surface area contributed by atoms with E-state index in [4.69, 9.17) is 19.5 Å². The van der Waals surface area contributed by atoms with Crippen LogP contribution in [0.4, 0.5) is 0 Å². The molecule has 32 heavy (non-hydrogen) atoms. The second kappa shape index (κ2) is 12.0. The number of guanidine groups is 1. The average Bonchev–Trinajstić information content (AvgIpc) is 3.44. The fourth-order valence-electron chi connectivity index (χ4n) is 3.74. The summed E-state index contributed by atoms with van der Waals surface area (Å²) in [4.78, 5) is 9.50. The molecule has 0 saturated heterocycles. The van der Waals surface area contributed by atoms with Crippen molar-refractivity contribution in [1.82, 2.24) is 25.4 Å². The van der Waals surface area contributed by atoms with E-state index in [0.717, 1.165) is 62.1 Å². The van der Waals surface area contributed by atoms with Gasteiger partial charge in [-0.1, -0.05) is 44.2 Å². The van der Waals surface area contributed by atoms with E-state index in [0.29, 0.717) is 12.5 Å². The Labute approximate surface area is 207 Å². The molecule has 0 aliphatic carbocycles. The predicted octanol–water partition coefficient (Wildman–Crippen LogP) is 3.95. The van der Waals surface area contributed by atoms with Crippen molar-refractivity contribution >= 4 is 29.9 Å². The molecule has 0 spiro atoms. The number of nitrogens with one attached hydrogen (secondary N) is 2. The van der Waals surface area contributed by atoms with Crippen LogP contribution in [0.5, 0.6) is 0 Å². The maximum atomic E-state index is 5.44. The molecule has 0 amide bonds. The molecule has 3 aromatic rings. The maximum absolute atomic E-state index is 5.44. The summed E-state index contributed by atoms with van der Waals surface area (Å²) in [5.74, 6) is 4.18. The van der Waals surface area contributed by atoms with E-state index in [1.54, 1.807) is 6.26 Å². The van der Waals surface area contributed by atoms with Crippen LogP contribution in [0.1, 0.15) is 49.2 Å². The summed E-state index contributed by atoms with van der Waals surface area (Å²) in [6.07, 6.45) is 5.40. The van der Waals surface area contributed by atoms with Crippen LogP contribution in [-0.2, 0) is 25.8 Å². The van der Waals surface area contributed by atoms with Gasteiger partial charge in [-0.25, -0.2) is 9.67 Å². The third-order valence-corrected chi connectivity index (χ3v) is 5.49. The van der Waals surface area contributed by atoms with E-state index in [1.165, 1.54) is 5.56 Å². The molecule has 2 N–H and O–H groups in total. The van der Waals surface area contributed by atoms with Gasteiger partial charge in [0.15, 0.2) is 11.8 Å². The minimum absolute atomic E-state index is 0. The monoisotopic (exact) mass is 548 g/mol. The first-order valence-electron chi connectivity index (χ1n) is 11.2. The number of aryl methyl sites for hydroxylation is 1. The van der Waals surface area contributed by atoms with Crippen LogP contribution in [0.25, 0.3) is 0 Å². The number of halogens is 1. The maximum Gasteiger partial charge on any atom is 0.191 e. The molecule has 1 aliphatic heterocycles. The summed E-state index contributed by atoms with van der Waals surface area (Å²) >= 11 is 0. The number of hydrogen-bond donors (Lipinski definition) is 2. The summed E-state index contributed by atoms with van der Waals surface area (Å²) < 4.78 is 7.49. The van der Waals surface area contributed by atoms with Crippen LogP contribution in [0, 0.1) is 0 Å². The van der Waals surface area contributed by atoms with Crippen LogP contribution >= 0.6 is 24.0 Å². The largest absolute Gasteiger partial charge is 0.469 e. The summed E-state index contributed by atoms with van der Waals surface area (Å²) in [7, 11) is 0.